The van der Waals surface area contributed by atoms with Gasteiger partial charge in [-0.2, -0.15) is 0 Å². The Bertz CT molecular complexity index is 982. The van der Waals surface area contributed by atoms with Crippen molar-refractivity contribution in [3.8, 4) is 11.1 Å². The number of fused-ring (bicyclic) bond motifs is 10. The molecule has 2 atom stereocenters. The fraction of sp³-hybridized carbons (Fsp3) is 0.357. The summed E-state index contributed by atoms with van der Waals surface area (Å²) < 4.78 is 0. The Kier molecular flexibility index (Phi) is 3.76. The fourth-order valence-electron chi connectivity index (χ4n) is 6.89. The van der Waals surface area contributed by atoms with Crippen molar-refractivity contribution in [3.63, 3.8) is 0 Å². The monoisotopic (exact) mass is 364 g/mol. The topological polar surface area (TPSA) is 0 Å². The van der Waals surface area contributed by atoms with E-state index in [2.05, 4.69) is 72.8 Å². The molecule has 0 N–H and O–H groups in total. The third-order valence-electron chi connectivity index (χ3n) is 7.85. The summed E-state index contributed by atoms with van der Waals surface area (Å²) in [7, 11) is 0. The minimum absolute atomic E-state index is 0.0544. The summed E-state index contributed by atoms with van der Waals surface area (Å²) in [5.74, 6) is 1.39. The lowest BCUT2D eigenvalue weighted by atomic mass is 9.64. The van der Waals surface area contributed by atoms with Crippen LogP contribution in [0.4, 0.5) is 0 Å². The van der Waals surface area contributed by atoms with Gasteiger partial charge in [0.25, 0.3) is 0 Å². The first-order valence-corrected chi connectivity index (χ1v) is 11.2. The Morgan fingerprint density at radius 2 is 1.07 bits per heavy atom. The molecule has 0 aromatic heterocycles. The first-order valence-electron chi connectivity index (χ1n) is 11.2. The van der Waals surface area contributed by atoms with Crippen LogP contribution in [0.5, 0.6) is 0 Å². The maximum absolute atomic E-state index is 2.45. The van der Waals surface area contributed by atoms with Crippen molar-refractivity contribution in [1.82, 2.24) is 0 Å². The molecular weight excluding hydrogens is 336 g/mol. The van der Waals surface area contributed by atoms with Gasteiger partial charge in [-0.15, -0.1) is 0 Å². The molecule has 6 rings (SSSR count). The molecule has 0 heterocycles. The third-order valence-corrected chi connectivity index (χ3v) is 7.85. The van der Waals surface area contributed by atoms with Crippen molar-refractivity contribution in [1.29, 1.82) is 0 Å². The molecule has 0 heteroatoms. The summed E-state index contributed by atoms with van der Waals surface area (Å²) in [4.78, 5) is 0. The smallest absolute Gasteiger partial charge is 0.0500 e. The van der Waals surface area contributed by atoms with E-state index in [9.17, 15) is 0 Å². The Labute approximate surface area is 168 Å². The zero-order chi connectivity index (χ0) is 18.6. The predicted molar refractivity (Wildman–Crippen MR) is 117 cm³/mol. The van der Waals surface area contributed by atoms with Crippen LogP contribution >= 0.6 is 0 Å². The molecular formula is C28H28. The van der Waals surface area contributed by atoms with E-state index >= 15 is 0 Å². The van der Waals surface area contributed by atoms with Gasteiger partial charge in [0.1, 0.15) is 0 Å². The van der Waals surface area contributed by atoms with Crippen LogP contribution in [0.15, 0.2) is 72.8 Å². The highest BCUT2D eigenvalue weighted by atomic mass is 14.6. The van der Waals surface area contributed by atoms with Gasteiger partial charge >= 0.3 is 0 Å². The molecule has 0 amide bonds. The van der Waals surface area contributed by atoms with Crippen molar-refractivity contribution >= 4 is 0 Å². The molecule has 1 fully saturated rings. The van der Waals surface area contributed by atoms with Gasteiger partial charge in [0.05, 0.1) is 0 Å². The molecule has 3 aromatic carbocycles. The normalized spacial score (nSPS) is 24.4. The van der Waals surface area contributed by atoms with Gasteiger partial charge < -0.3 is 0 Å². The van der Waals surface area contributed by atoms with Gasteiger partial charge in [-0.1, -0.05) is 105 Å². The molecule has 3 aliphatic rings. The number of rotatable bonds is 0. The van der Waals surface area contributed by atoms with E-state index in [1.807, 2.05) is 0 Å². The highest BCUT2D eigenvalue weighted by Gasteiger charge is 2.57. The molecule has 2 unspecified atom stereocenters. The lowest BCUT2D eigenvalue weighted by Crippen LogP contribution is -2.33. The van der Waals surface area contributed by atoms with Crippen molar-refractivity contribution in [2.75, 3.05) is 0 Å². The standard InChI is InChI=1S/C28H28/c1-2-4-12-20-21-13-6-9-17-25(21)28(24(20)16-5-3-1)26-18-10-7-14-22(26)23-15-8-11-19-27(23)28/h6-11,13-15,17-20,24H,1-5,12,16H2. The summed E-state index contributed by atoms with van der Waals surface area (Å²) in [6, 6.07) is 28.0. The molecule has 0 saturated heterocycles. The molecule has 140 valence electrons. The first kappa shape index (κ1) is 16.6. The summed E-state index contributed by atoms with van der Waals surface area (Å²) in [5.41, 5.74) is 9.36. The second-order valence-electron chi connectivity index (χ2n) is 9.04. The van der Waals surface area contributed by atoms with Crippen molar-refractivity contribution < 1.29 is 0 Å². The van der Waals surface area contributed by atoms with E-state index < -0.39 is 0 Å². The van der Waals surface area contributed by atoms with Crippen LogP contribution in [-0.2, 0) is 5.41 Å². The van der Waals surface area contributed by atoms with Crippen LogP contribution in [0.25, 0.3) is 11.1 Å². The highest BCUT2D eigenvalue weighted by molar-refractivity contribution is 5.85. The number of benzene rings is 3. The maximum Gasteiger partial charge on any atom is 0.0500 e. The Morgan fingerprint density at radius 3 is 1.79 bits per heavy atom. The first-order chi connectivity index (χ1) is 13.9. The van der Waals surface area contributed by atoms with Crippen LogP contribution in [0, 0.1) is 5.92 Å². The number of hydrogen-bond acceptors (Lipinski definition) is 0. The Morgan fingerprint density at radius 1 is 0.536 bits per heavy atom. The Balaban J connectivity index is 1.69. The maximum atomic E-state index is 2.45. The molecule has 0 nitrogen and oxygen atoms in total. The molecule has 0 bridgehead atoms. The average molecular weight is 365 g/mol. The van der Waals surface area contributed by atoms with Crippen LogP contribution in [0.1, 0.15) is 73.1 Å². The highest BCUT2D eigenvalue weighted by Crippen LogP contribution is 2.65. The SMILES string of the molecule is c1ccc2c(c1)-c1ccccc1C21c2ccccc2C2CCCCCCCC21. The van der Waals surface area contributed by atoms with Crippen LogP contribution < -0.4 is 0 Å². The van der Waals surface area contributed by atoms with E-state index in [4.69, 9.17) is 0 Å². The van der Waals surface area contributed by atoms with Gasteiger partial charge in [0.15, 0.2) is 0 Å². The van der Waals surface area contributed by atoms with Crippen LogP contribution in [-0.4, -0.2) is 0 Å². The summed E-state index contributed by atoms with van der Waals surface area (Å²) >= 11 is 0. The van der Waals surface area contributed by atoms with Crippen LogP contribution in [0.3, 0.4) is 0 Å². The second kappa shape index (κ2) is 6.34. The zero-order valence-corrected chi connectivity index (χ0v) is 16.5. The molecule has 0 aliphatic heterocycles. The molecule has 28 heavy (non-hydrogen) atoms. The lowest BCUT2D eigenvalue weighted by Gasteiger charge is -2.37. The molecule has 0 radical (unpaired) electrons. The predicted octanol–water partition coefficient (Wildman–Crippen LogP) is 7.46. The van der Waals surface area contributed by atoms with Crippen molar-refractivity contribution in [2.24, 2.45) is 5.92 Å². The van der Waals surface area contributed by atoms with Gasteiger partial charge in [0, 0.05) is 5.41 Å². The van der Waals surface area contributed by atoms with Gasteiger partial charge in [0.2, 0.25) is 0 Å². The summed E-state index contributed by atoms with van der Waals surface area (Å²) in [5, 5.41) is 0. The van der Waals surface area contributed by atoms with Crippen molar-refractivity contribution in [2.45, 2.75) is 56.3 Å². The quantitative estimate of drug-likeness (QED) is 0.388. The molecule has 3 aromatic rings. The van der Waals surface area contributed by atoms with E-state index in [0.717, 1.165) is 0 Å². The Hall–Kier alpha value is -2.34. The molecule has 1 saturated carbocycles. The van der Waals surface area contributed by atoms with E-state index in [1.54, 1.807) is 22.3 Å². The van der Waals surface area contributed by atoms with Gasteiger partial charge in [-0.25, -0.2) is 0 Å². The van der Waals surface area contributed by atoms with Gasteiger partial charge in [-0.3, -0.25) is 0 Å². The minimum atomic E-state index is 0.0544. The lowest BCUT2D eigenvalue weighted by molar-refractivity contribution is 0.313. The summed E-state index contributed by atoms with van der Waals surface area (Å²) in [6.45, 7) is 0. The van der Waals surface area contributed by atoms with Crippen LogP contribution in [0.2, 0.25) is 0 Å². The van der Waals surface area contributed by atoms with E-state index in [1.165, 1.54) is 56.1 Å². The zero-order valence-electron chi connectivity index (χ0n) is 16.5. The second-order valence-corrected chi connectivity index (χ2v) is 9.04. The molecule has 1 spiro atoms. The average Bonchev–Trinajstić information content (AvgIpc) is 3.24. The van der Waals surface area contributed by atoms with Crippen molar-refractivity contribution in [3.05, 3.63) is 95.1 Å². The minimum Gasteiger partial charge on any atom is -0.0620 e. The van der Waals surface area contributed by atoms with Gasteiger partial charge in [-0.05, 0) is 58.1 Å². The largest absolute Gasteiger partial charge is 0.0620 e. The number of hydrogen-bond donors (Lipinski definition) is 0. The molecule has 3 aliphatic carbocycles. The third kappa shape index (κ3) is 2.07. The fourth-order valence-corrected chi connectivity index (χ4v) is 6.89. The van der Waals surface area contributed by atoms with E-state index in [-0.39, 0.29) is 5.41 Å². The van der Waals surface area contributed by atoms with E-state index in [0.29, 0.717) is 11.8 Å². The summed E-state index contributed by atoms with van der Waals surface area (Å²) in [6.07, 6.45) is 9.69.